The molecule has 0 unspecified atom stereocenters. The molecule has 0 aromatic heterocycles. The summed E-state index contributed by atoms with van der Waals surface area (Å²) < 4.78 is 26.1. The Hall–Kier alpha value is 0.410. The van der Waals surface area contributed by atoms with Crippen molar-refractivity contribution in [2.24, 2.45) is 0 Å². The zero-order valence-electron chi connectivity index (χ0n) is 9.72. The molecule has 0 aromatic rings. The molecule has 0 bridgehead atoms. The number of halogens is 2. The Morgan fingerprint density at radius 1 is 0.882 bits per heavy atom. The van der Waals surface area contributed by atoms with E-state index in [1.807, 2.05) is 0 Å². The van der Waals surface area contributed by atoms with Gasteiger partial charge in [-0.3, -0.25) is 0 Å². The molecule has 5 nitrogen and oxygen atoms in total. The van der Waals surface area contributed by atoms with E-state index >= 15 is 0 Å². The van der Waals surface area contributed by atoms with Gasteiger partial charge >= 0.3 is 0 Å². The van der Waals surface area contributed by atoms with Crippen LogP contribution >= 0.6 is 24.8 Å². The standard InChI is InChI=1S/C9H19N3O2S.2ClH/c13-15(14,9-1-3-10-4-2-9)12-7-5-11-6-8-12;;/h9-11H,1-8H2;2*1H. The van der Waals surface area contributed by atoms with Crippen molar-refractivity contribution in [2.45, 2.75) is 18.1 Å². The summed E-state index contributed by atoms with van der Waals surface area (Å²) in [6.07, 6.45) is 1.51. The van der Waals surface area contributed by atoms with E-state index in [-0.39, 0.29) is 30.1 Å². The van der Waals surface area contributed by atoms with Gasteiger partial charge in [0.15, 0.2) is 0 Å². The molecule has 0 spiro atoms. The quantitative estimate of drug-likeness (QED) is 0.743. The molecule has 0 radical (unpaired) electrons. The molecule has 0 amide bonds. The third-order valence-corrected chi connectivity index (χ3v) is 5.54. The second-order valence-corrected chi connectivity index (χ2v) is 6.36. The fraction of sp³-hybridized carbons (Fsp3) is 1.00. The zero-order chi connectivity index (χ0) is 10.7. The van der Waals surface area contributed by atoms with Gasteiger partial charge in [-0.15, -0.1) is 24.8 Å². The minimum absolute atomic E-state index is 0. The topological polar surface area (TPSA) is 61.4 Å². The van der Waals surface area contributed by atoms with Gasteiger partial charge < -0.3 is 10.6 Å². The fourth-order valence-corrected chi connectivity index (χ4v) is 4.15. The van der Waals surface area contributed by atoms with Crippen molar-refractivity contribution in [1.82, 2.24) is 14.9 Å². The molecule has 2 aliphatic rings. The predicted molar refractivity (Wildman–Crippen MR) is 73.8 cm³/mol. The van der Waals surface area contributed by atoms with E-state index in [1.165, 1.54) is 0 Å². The number of hydrogen-bond donors (Lipinski definition) is 2. The lowest BCUT2D eigenvalue weighted by atomic mass is 10.2. The maximum Gasteiger partial charge on any atom is 0.217 e. The van der Waals surface area contributed by atoms with Crippen LogP contribution in [0.4, 0.5) is 0 Å². The van der Waals surface area contributed by atoms with Gasteiger partial charge in [-0.05, 0) is 25.9 Å². The third kappa shape index (κ3) is 4.22. The molecule has 2 aliphatic heterocycles. The van der Waals surface area contributed by atoms with Crippen LogP contribution in [0, 0.1) is 0 Å². The first-order valence-corrected chi connectivity index (χ1v) is 7.12. The second-order valence-electron chi connectivity index (χ2n) is 4.14. The lowest BCUT2D eigenvalue weighted by Crippen LogP contribution is -2.51. The van der Waals surface area contributed by atoms with Crippen molar-refractivity contribution in [1.29, 1.82) is 0 Å². The number of hydrogen-bond acceptors (Lipinski definition) is 4. The Balaban J connectivity index is 0.00000128. The summed E-state index contributed by atoms with van der Waals surface area (Å²) in [7, 11) is -3.03. The highest BCUT2D eigenvalue weighted by Gasteiger charge is 2.33. The Morgan fingerprint density at radius 2 is 1.35 bits per heavy atom. The highest BCUT2D eigenvalue weighted by molar-refractivity contribution is 7.89. The summed E-state index contributed by atoms with van der Waals surface area (Å²) in [4.78, 5) is 0. The molecular formula is C9H21Cl2N3O2S. The van der Waals surface area contributed by atoms with E-state index in [1.54, 1.807) is 4.31 Å². The van der Waals surface area contributed by atoms with Gasteiger partial charge in [0, 0.05) is 26.2 Å². The van der Waals surface area contributed by atoms with Gasteiger partial charge in [-0.1, -0.05) is 0 Å². The highest BCUT2D eigenvalue weighted by Crippen LogP contribution is 2.17. The molecule has 2 N–H and O–H groups in total. The number of piperidine rings is 1. The Morgan fingerprint density at radius 3 is 1.88 bits per heavy atom. The van der Waals surface area contributed by atoms with E-state index in [2.05, 4.69) is 10.6 Å². The van der Waals surface area contributed by atoms with Gasteiger partial charge in [0.05, 0.1) is 5.25 Å². The highest BCUT2D eigenvalue weighted by atomic mass is 35.5. The minimum Gasteiger partial charge on any atom is -0.317 e. The molecule has 2 saturated heterocycles. The summed E-state index contributed by atoms with van der Waals surface area (Å²) in [6, 6.07) is 0. The SMILES string of the molecule is Cl.Cl.O=S(=O)(C1CCNCC1)N1CCNCC1. The van der Waals surface area contributed by atoms with Crippen LogP contribution in [0.1, 0.15) is 12.8 Å². The molecule has 0 saturated carbocycles. The average Bonchev–Trinajstić information content (AvgIpc) is 2.31. The van der Waals surface area contributed by atoms with E-state index in [9.17, 15) is 8.42 Å². The molecule has 2 rings (SSSR count). The van der Waals surface area contributed by atoms with Crippen molar-refractivity contribution in [3.05, 3.63) is 0 Å². The predicted octanol–water partition coefficient (Wildman–Crippen LogP) is -0.183. The molecule has 2 fully saturated rings. The molecule has 0 aromatic carbocycles. The molecule has 0 aliphatic carbocycles. The monoisotopic (exact) mass is 305 g/mol. The van der Waals surface area contributed by atoms with Crippen LogP contribution in [-0.2, 0) is 10.0 Å². The molecule has 17 heavy (non-hydrogen) atoms. The van der Waals surface area contributed by atoms with Crippen molar-refractivity contribution >= 4 is 34.8 Å². The van der Waals surface area contributed by atoms with Crippen molar-refractivity contribution in [3.8, 4) is 0 Å². The maximum atomic E-state index is 12.2. The van der Waals surface area contributed by atoms with E-state index in [0.717, 1.165) is 39.0 Å². The first kappa shape index (κ1) is 17.4. The Kier molecular flexibility index (Phi) is 7.95. The summed E-state index contributed by atoms with van der Waals surface area (Å²) in [5, 5.41) is 6.21. The van der Waals surface area contributed by atoms with Gasteiger partial charge in [-0.25, -0.2) is 8.42 Å². The van der Waals surface area contributed by atoms with Gasteiger partial charge in [0.1, 0.15) is 0 Å². The third-order valence-electron chi connectivity index (χ3n) is 3.14. The number of nitrogens with one attached hydrogen (secondary N) is 2. The lowest BCUT2D eigenvalue weighted by molar-refractivity contribution is 0.348. The lowest BCUT2D eigenvalue weighted by Gasteiger charge is -2.32. The average molecular weight is 306 g/mol. The molecule has 2 heterocycles. The number of sulfonamides is 1. The fourth-order valence-electron chi connectivity index (χ4n) is 2.20. The van der Waals surface area contributed by atoms with Crippen LogP contribution in [0.5, 0.6) is 0 Å². The summed E-state index contributed by atoms with van der Waals surface area (Å²) in [6.45, 7) is 4.49. The Bertz CT molecular complexity index is 277. The largest absolute Gasteiger partial charge is 0.317 e. The van der Waals surface area contributed by atoms with Gasteiger partial charge in [0.25, 0.3) is 0 Å². The smallest absolute Gasteiger partial charge is 0.217 e. The van der Waals surface area contributed by atoms with E-state index < -0.39 is 10.0 Å². The Labute approximate surface area is 116 Å². The maximum absolute atomic E-state index is 12.2. The number of rotatable bonds is 2. The molecule has 8 heteroatoms. The first-order chi connectivity index (χ1) is 7.21. The van der Waals surface area contributed by atoms with Crippen LogP contribution in [0.25, 0.3) is 0 Å². The summed E-state index contributed by atoms with van der Waals surface area (Å²) in [5.74, 6) is 0. The minimum atomic E-state index is -3.03. The molecule has 104 valence electrons. The van der Waals surface area contributed by atoms with E-state index in [0.29, 0.717) is 13.1 Å². The van der Waals surface area contributed by atoms with Crippen LogP contribution in [0.15, 0.2) is 0 Å². The first-order valence-electron chi connectivity index (χ1n) is 5.61. The summed E-state index contributed by atoms with van der Waals surface area (Å²) >= 11 is 0. The van der Waals surface area contributed by atoms with Crippen molar-refractivity contribution in [3.63, 3.8) is 0 Å². The van der Waals surface area contributed by atoms with Crippen molar-refractivity contribution < 1.29 is 8.42 Å². The second kappa shape index (κ2) is 7.76. The van der Waals surface area contributed by atoms with Gasteiger partial charge in [0.2, 0.25) is 10.0 Å². The van der Waals surface area contributed by atoms with Crippen LogP contribution < -0.4 is 10.6 Å². The molecular weight excluding hydrogens is 285 g/mol. The van der Waals surface area contributed by atoms with Crippen LogP contribution in [0.2, 0.25) is 0 Å². The number of piperazine rings is 1. The van der Waals surface area contributed by atoms with Gasteiger partial charge in [-0.2, -0.15) is 4.31 Å². The van der Waals surface area contributed by atoms with Crippen LogP contribution in [0.3, 0.4) is 0 Å². The van der Waals surface area contributed by atoms with Crippen LogP contribution in [-0.4, -0.2) is 57.2 Å². The van der Waals surface area contributed by atoms with Crippen molar-refractivity contribution in [2.75, 3.05) is 39.3 Å². The summed E-state index contributed by atoms with van der Waals surface area (Å²) in [5.41, 5.74) is 0. The number of nitrogens with zero attached hydrogens (tertiary/aromatic N) is 1. The van der Waals surface area contributed by atoms with E-state index in [4.69, 9.17) is 0 Å². The molecule has 0 atom stereocenters. The normalized spacial score (nSPS) is 23.5. The zero-order valence-corrected chi connectivity index (χ0v) is 12.2.